The standard InChI is InChI=1S/C14H17NO4S/c1-8-4-5-10(6-12(8)19-3)13(16)15-9(2)20-7-11(15)14(17)18/h4-6,9,11H,7H2,1-3H3,(H,17,18). The van der Waals surface area contributed by atoms with Crippen molar-refractivity contribution in [1.29, 1.82) is 0 Å². The van der Waals surface area contributed by atoms with Gasteiger partial charge in [0.15, 0.2) is 0 Å². The maximum Gasteiger partial charge on any atom is 0.327 e. The van der Waals surface area contributed by atoms with Crippen molar-refractivity contribution in [2.75, 3.05) is 12.9 Å². The van der Waals surface area contributed by atoms with Crippen molar-refractivity contribution in [2.24, 2.45) is 0 Å². The quantitative estimate of drug-likeness (QED) is 0.923. The predicted molar refractivity (Wildman–Crippen MR) is 77.2 cm³/mol. The van der Waals surface area contributed by atoms with Crippen molar-refractivity contribution in [3.05, 3.63) is 29.3 Å². The summed E-state index contributed by atoms with van der Waals surface area (Å²) in [6.45, 7) is 3.73. The molecule has 2 rings (SSSR count). The van der Waals surface area contributed by atoms with Gasteiger partial charge in [-0.2, -0.15) is 0 Å². The lowest BCUT2D eigenvalue weighted by Gasteiger charge is -2.25. The second-order valence-electron chi connectivity index (χ2n) is 4.68. The number of rotatable bonds is 3. The number of carbonyl (C=O) groups is 2. The van der Waals surface area contributed by atoms with E-state index in [1.807, 2.05) is 13.8 Å². The fourth-order valence-electron chi connectivity index (χ4n) is 2.24. The van der Waals surface area contributed by atoms with Crippen molar-refractivity contribution >= 4 is 23.6 Å². The van der Waals surface area contributed by atoms with Gasteiger partial charge in [-0.1, -0.05) is 6.07 Å². The molecule has 1 fully saturated rings. The Kier molecular flexibility index (Phi) is 4.23. The molecule has 0 spiro atoms. The van der Waals surface area contributed by atoms with Gasteiger partial charge in [0.25, 0.3) is 5.91 Å². The van der Waals surface area contributed by atoms with Crippen LogP contribution in [-0.4, -0.2) is 46.2 Å². The molecule has 1 heterocycles. The summed E-state index contributed by atoms with van der Waals surface area (Å²) in [6, 6.07) is 4.39. The number of aryl methyl sites for hydroxylation is 1. The Morgan fingerprint density at radius 2 is 2.15 bits per heavy atom. The zero-order chi connectivity index (χ0) is 14.9. The van der Waals surface area contributed by atoms with Gasteiger partial charge in [-0.15, -0.1) is 11.8 Å². The molecule has 1 aliphatic heterocycles. The highest BCUT2D eigenvalue weighted by Crippen LogP contribution is 2.31. The fraction of sp³-hybridized carbons (Fsp3) is 0.429. The molecule has 0 aliphatic carbocycles. The van der Waals surface area contributed by atoms with Gasteiger partial charge in [0.2, 0.25) is 0 Å². The van der Waals surface area contributed by atoms with E-state index in [1.165, 1.54) is 16.7 Å². The minimum absolute atomic E-state index is 0.143. The third kappa shape index (κ3) is 2.60. The second kappa shape index (κ2) is 5.75. The predicted octanol–water partition coefficient (Wildman–Crippen LogP) is 1.99. The molecule has 6 heteroatoms. The largest absolute Gasteiger partial charge is 0.496 e. The second-order valence-corrected chi connectivity index (χ2v) is 6.03. The summed E-state index contributed by atoms with van der Waals surface area (Å²) in [4.78, 5) is 25.2. The van der Waals surface area contributed by atoms with Crippen LogP contribution in [0.4, 0.5) is 0 Å². The molecule has 108 valence electrons. The molecular weight excluding hydrogens is 278 g/mol. The highest BCUT2D eigenvalue weighted by Gasteiger charge is 2.39. The average Bonchev–Trinajstić information content (AvgIpc) is 2.80. The minimum atomic E-state index is -0.964. The molecular formula is C14H17NO4S. The van der Waals surface area contributed by atoms with Crippen molar-refractivity contribution < 1.29 is 19.4 Å². The van der Waals surface area contributed by atoms with Crippen LogP contribution < -0.4 is 4.74 Å². The van der Waals surface area contributed by atoms with Crippen LogP contribution in [0, 0.1) is 6.92 Å². The van der Waals surface area contributed by atoms with Crippen LogP contribution in [0.5, 0.6) is 5.75 Å². The fourth-order valence-corrected chi connectivity index (χ4v) is 3.41. The number of carboxylic acids is 1. The first-order valence-electron chi connectivity index (χ1n) is 6.27. The number of methoxy groups -OCH3 is 1. The van der Waals surface area contributed by atoms with Gasteiger partial charge >= 0.3 is 5.97 Å². The maximum absolute atomic E-state index is 12.5. The van der Waals surface area contributed by atoms with Crippen LogP contribution in [0.25, 0.3) is 0 Å². The number of thioether (sulfide) groups is 1. The van der Waals surface area contributed by atoms with Gasteiger partial charge in [0.05, 0.1) is 12.5 Å². The van der Waals surface area contributed by atoms with Crippen molar-refractivity contribution in [3.63, 3.8) is 0 Å². The van der Waals surface area contributed by atoms with E-state index < -0.39 is 12.0 Å². The Balaban J connectivity index is 2.32. The highest BCUT2D eigenvalue weighted by molar-refractivity contribution is 8.00. The number of aliphatic carboxylic acids is 1. The molecule has 1 aliphatic rings. The van der Waals surface area contributed by atoms with E-state index >= 15 is 0 Å². The van der Waals surface area contributed by atoms with E-state index in [9.17, 15) is 14.7 Å². The smallest absolute Gasteiger partial charge is 0.327 e. The van der Waals surface area contributed by atoms with Crippen molar-refractivity contribution in [1.82, 2.24) is 4.90 Å². The summed E-state index contributed by atoms with van der Waals surface area (Å²) in [5, 5.41) is 9.07. The van der Waals surface area contributed by atoms with Crippen LogP contribution in [0.2, 0.25) is 0 Å². The molecule has 2 unspecified atom stereocenters. The lowest BCUT2D eigenvalue weighted by Crippen LogP contribution is -2.44. The molecule has 2 atom stereocenters. The van der Waals surface area contributed by atoms with Gasteiger partial charge in [-0.3, -0.25) is 4.79 Å². The van der Waals surface area contributed by atoms with E-state index in [4.69, 9.17) is 4.74 Å². The van der Waals surface area contributed by atoms with Crippen LogP contribution in [0.1, 0.15) is 22.8 Å². The van der Waals surface area contributed by atoms with Crippen LogP contribution >= 0.6 is 11.8 Å². The third-order valence-electron chi connectivity index (χ3n) is 3.40. The molecule has 20 heavy (non-hydrogen) atoms. The summed E-state index contributed by atoms with van der Waals surface area (Å²) in [7, 11) is 1.55. The Morgan fingerprint density at radius 3 is 2.75 bits per heavy atom. The number of ether oxygens (including phenoxy) is 1. The van der Waals surface area contributed by atoms with Crippen LogP contribution in [-0.2, 0) is 4.79 Å². The van der Waals surface area contributed by atoms with Crippen LogP contribution in [0.15, 0.2) is 18.2 Å². The lowest BCUT2D eigenvalue weighted by molar-refractivity contribution is -0.141. The Labute approximate surface area is 121 Å². The van der Waals surface area contributed by atoms with Gasteiger partial charge in [0, 0.05) is 11.3 Å². The lowest BCUT2D eigenvalue weighted by atomic mass is 10.1. The summed E-state index contributed by atoms with van der Waals surface area (Å²) in [5.74, 6) is -0.185. The summed E-state index contributed by atoms with van der Waals surface area (Å²) in [6.07, 6.45) is 0. The first-order valence-corrected chi connectivity index (χ1v) is 7.32. The van der Waals surface area contributed by atoms with Crippen LogP contribution in [0.3, 0.4) is 0 Å². The number of hydrogen-bond donors (Lipinski definition) is 1. The monoisotopic (exact) mass is 295 g/mol. The molecule has 1 aromatic carbocycles. The van der Waals surface area contributed by atoms with Crippen molar-refractivity contribution in [2.45, 2.75) is 25.3 Å². The van der Waals surface area contributed by atoms with Gasteiger partial charge < -0.3 is 14.7 Å². The molecule has 1 saturated heterocycles. The van der Waals surface area contributed by atoms with Crippen molar-refractivity contribution in [3.8, 4) is 5.75 Å². The third-order valence-corrected chi connectivity index (χ3v) is 4.62. The van der Waals surface area contributed by atoms with E-state index in [-0.39, 0.29) is 11.3 Å². The number of carboxylic acid groups (broad SMARTS) is 1. The van der Waals surface area contributed by atoms with Gasteiger partial charge in [0.1, 0.15) is 11.8 Å². The molecule has 1 N–H and O–H groups in total. The SMILES string of the molecule is COc1cc(C(=O)N2C(C)SCC2C(=O)O)ccc1C. The first kappa shape index (κ1) is 14.7. The minimum Gasteiger partial charge on any atom is -0.496 e. The Hall–Kier alpha value is -1.69. The van der Waals surface area contributed by atoms with Gasteiger partial charge in [-0.25, -0.2) is 4.79 Å². The summed E-state index contributed by atoms with van der Waals surface area (Å²) >= 11 is 1.47. The molecule has 5 nitrogen and oxygen atoms in total. The summed E-state index contributed by atoms with van der Waals surface area (Å²) < 4.78 is 5.21. The number of nitrogens with zero attached hydrogens (tertiary/aromatic N) is 1. The zero-order valence-electron chi connectivity index (χ0n) is 11.6. The van der Waals surface area contributed by atoms with Gasteiger partial charge in [-0.05, 0) is 31.5 Å². The Morgan fingerprint density at radius 1 is 1.45 bits per heavy atom. The number of amides is 1. The molecule has 1 amide bonds. The maximum atomic E-state index is 12.5. The highest BCUT2D eigenvalue weighted by atomic mass is 32.2. The van der Waals surface area contributed by atoms with E-state index in [1.54, 1.807) is 25.3 Å². The molecule has 0 saturated carbocycles. The summed E-state index contributed by atoms with van der Waals surface area (Å²) in [5.41, 5.74) is 1.38. The molecule has 0 radical (unpaired) electrons. The van der Waals surface area contributed by atoms with E-state index in [0.717, 1.165) is 5.56 Å². The number of benzene rings is 1. The van der Waals surface area contributed by atoms with E-state index in [2.05, 4.69) is 0 Å². The molecule has 1 aromatic rings. The molecule has 0 aromatic heterocycles. The zero-order valence-corrected chi connectivity index (χ0v) is 12.4. The average molecular weight is 295 g/mol. The topological polar surface area (TPSA) is 66.8 Å². The Bertz CT molecular complexity index is 546. The number of carbonyl (C=O) groups excluding carboxylic acids is 1. The van der Waals surface area contributed by atoms with E-state index in [0.29, 0.717) is 17.1 Å². The molecule has 0 bridgehead atoms. The normalized spacial score (nSPS) is 21.9. The first-order chi connectivity index (χ1) is 9.45. The number of hydrogen-bond acceptors (Lipinski definition) is 4.